The van der Waals surface area contributed by atoms with Gasteiger partial charge in [0.05, 0.1) is 23.8 Å². The van der Waals surface area contributed by atoms with E-state index in [2.05, 4.69) is 45.1 Å². The van der Waals surface area contributed by atoms with Crippen molar-refractivity contribution >= 4 is 64.5 Å². The van der Waals surface area contributed by atoms with Crippen molar-refractivity contribution in [1.29, 1.82) is 0 Å². The van der Waals surface area contributed by atoms with Gasteiger partial charge in [-0.3, -0.25) is 24.7 Å². The highest BCUT2D eigenvalue weighted by molar-refractivity contribution is 7.99. The lowest BCUT2D eigenvalue weighted by molar-refractivity contribution is -0.384. The SMILES string of the molecule is CC(C)C/C(=N/O)c1cccc([N+](=O)[O-])c1.CC(C)NC(=O)C1=NC=NC1.CC(C)SCc1ccccc1Cl.CCOC(=O)C(=O)CC(C)C. The molecule has 2 aromatic carbocycles. The standard InChI is InChI=1S/C11H14N2O3.C10H13ClS.C8H14O3.C7H11N3O/c1-8(2)6-11(12-14)9-4-3-5-10(7-9)13(15)16;1-8(2)12-7-9-5-3-4-6-10(9)11;1-4-11-8(10)7(9)5-6(2)3;1-5(2)10-7(11)6-3-8-4-9-6/h3-5,7-8,14H,6H2,1-2H3;3-6,8H,7H2,1-2H3;6H,4-5H2,1-3H3;4-5H,3H2,1-2H3,(H,10,11)/b12-11-;;;. The van der Waals surface area contributed by atoms with Crippen LogP contribution >= 0.6 is 23.4 Å². The molecular formula is C36H52ClN5O7S. The lowest BCUT2D eigenvalue weighted by atomic mass is 10.0. The van der Waals surface area contributed by atoms with Crippen LogP contribution in [0.4, 0.5) is 5.69 Å². The summed E-state index contributed by atoms with van der Waals surface area (Å²) in [6.07, 6.45) is 2.27. The van der Waals surface area contributed by atoms with E-state index in [0.717, 1.165) is 10.8 Å². The number of non-ortho nitro benzene ring substituents is 1. The lowest BCUT2D eigenvalue weighted by Gasteiger charge is -2.06. The molecule has 0 spiro atoms. The number of thioether (sulfide) groups is 1. The third kappa shape index (κ3) is 21.1. The topological polar surface area (TPSA) is 173 Å². The minimum atomic E-state index is -0.707. The Morgan fingerprint density at radius 3 is 2.14 bits per heavy atom. The number of halogens is 1. The number of esters is 1. The molecule has 50 heavy (non-hydrogen) atoms. The summed E-state index contributed by atoms with van der Waals surface area (Å²) in [5, 5.41) is 26.9. The van der Waals surface area contributed by atoms with Gasteiger partial charge in [-0.1, -0.05) is 88.6 Å². The van der Waals surface area contributed by atoms with Crippen LogP contribution in [0.15, 0.2) is 63.7 Å². The molecule has 0 unspecified atom stereocenters. The monoisotopic (exact) mass is 733 g/mol. The number of amides is 1. The molecule has 2 N–H and O–H groups in total. The molecule has 14 heteroatoms. The molecule has 0 aromatic heterocycles. The van der Waals surface area contributed by atoms with E-state index < -0.39 is 16.7 Å². The predicted octanol–water partition coefficient (Wildman–Crippen LogP) is 7.96. The van der Waals surface area contributed by atoms with Crippen LogP contribution in [0.3, 0.4) is 0 Å². The zero-order valence-corrected chi connectivity index (χ0v) is 32.1. The number of hydrogen-bond acceptors (Lipinski definition) is 11. The van der Waals surface area contributed by atoms with Gasteiger partial charge in [-0.25, -0.2) is 9.79 Å². The summed E-state index contributed by atoms with van der Waals surface area (Å²) in [6, 6.07) is 14.3. The second-order valence-electron chi connectivity index (χ2n) is 12.3. The molecule has 276 valence electrons. The van der Waals surface area contributed by atoms with Crippen LogP contribution in [0.25, 0.3) is 0 Å². The van der Waals surface area contributed by atoms with Crippen LogP contribution in [-0.4, -0.2) is 70.0 Å². The van der Waals surface area contributed by atoms with Crippen LogP contribution < -0.4 is 5.32 Å². The van der Waals surface area contributed by atoms with Gasteiger partial charge < -0.3 is 15.3 Å². The van der Waals surface area contributed by atoms with Crippen LogP contribution in [0.5, 0.6) is 0 Å². The number of Topliss-reactive ketones (excluding diaryl/α,β-unsaturated/α-hetero) is 1. The summed E-state index contributed by atoms with van der Waals surface area (Å²) in [6.45, 7) is 18.3. The molecule has 0 aliphatic carbocycles. The van der Waals surface area contributed by atoms with Crippen molar-refractivity contribution in [2.24, 2.45) is 27.0 Å². The Labute approximate surface area is 305 Å². The van der Waals surface area contributed by atoms with E-state index in [9.17, 15) is 24.5 Å². The highest BCUT2D eigenvalue weighted by Gasteiger charge is 2.16. The summed E-state index contributed by atoms with van der Waals surface area (Å²) in [5.41, 5.74) is 2.79. The van der Waals surface area contributed by atoms with E-state index in [1.165, 1.54) is 24.0 Å². The average Bonchev–Trinajstić information content (AvgIpc) is 3.59. The number of ketones is 1. The van der Waals surface area contributed by atoms with Gasteiger partial charge in [0.25, 0.3) is 11.6 Å². The molecule has 3 rings (SSSR count). The maximum atomic E-state index is 11.1. The van der Waals surface area contributed by atoms with Crippen molar-refractivity contribution in [2.75, 3.05) is 13.2 Å². The van der Waals surface area contributed by atoms with Crippen molar-refractivity contribution in [3.05, 3.63) is 74.8 Å². The van der Waals surface area contributed by atoms with Gasteiger partial charge in [-0.2, -0.15) is 11.8 Å². The fourth-order valence-electron chi connectivity index (χ4n) is 3.69. The third-order valence-electron chi connectivity index (χ3n) is 5.96. The number of carbonyl (C=O) groups excluding carboxylic acids is 3. The number of ether oxygens (including phenoxy) is 1. The summed E-state index contributed by atoms with van der Waals surface area (Å²) in [5.74, 6) is 0.301. The molecule has 1 aliphatic rings. The number of carbonyl (C=O) groups is 3. The Bertz CT molecular complexity index is 1460. The first kappa shape index (κ1) is 45.9. The Kier molecular flexibility index (Phi) is 23.7. The lowest BCUT2D eigenvalue weighted by Crippen LogP contribution is -2.36. The first-order valence-electron chi connectivity index (χ1n) is 16.4. The van der Waals surface area contributed by atoms with Crippen molar-refractivity contribution in [3.8, 4) is 0 Å². The van der Waals surface area contributed by atoms with Gasteiger partial charge in [-0.05, 0) is 55.9 Å². The molecule has 0 saturated heterocycles. The van der Waals surface area contributed by atoms with E-state index in [1.54, 1.807) is 19.1 Å². The van der Waals surface area contributed by atoms with E-state index in [0.29, 0.717) is 41.1 Å². The molecule has 12 nitrogen and oxygen atoms in total. The Morgan fingerprint density at radius 1 is 1.02 bits per heavy atom. The second kappa shape index (κ2) is 25.8. The molecule has 0 fully saturated rings. The smallest absolute Gasteiger partial charge is 0.374 e. The third-order valence-corrected chi connectivity index (χ3v) is 7.47. The molecular weight excluding hydrogens is 682 g/mol. The zero-order chi connectivity index (χ0) is 38.2. The number of nitrogens with zero attached hydrogens (tertiary/aromatic N) is 4. The van der Waals surface area contributed by atoms with E-state index in [1.807, 2.05) is 71.5 Å². The molecule has 0 atom stereocenters. The van der Waals surface area contributed by atoms with Gasteiger partial charge >= 0.3 is 5.97 Å². The predicted molar refractivity (Wildman–Crippen MR) is 204 cm³/mol. The largest absolute Gasteiger partial charge is 0.460 e. The fraction of sp³-hybridized carbons (Fsp3) is 0.500. The molecule has 2 aromatic rings. The van der Waals surface area contributed by atoms with Crippen molar-refractivity contribution in [3.63, 3.8) is 0 Å². The number of benzene rings is 2. The molecule has 1 heterocycles. The highest BCUT2D eigenvalue weighted by Crippen LogP contribution is 2.23. The first-order valence-corrected chi connectivity index (χ1v) is 17.8. The average molecular weight is 734 g/mol. The number of oxime groups is 1. The molecule has 1 aliphatic heterocycles. The van der Waals surface area contributed by atoms with E-state index in [4.69, 9.17) is 16.8 Å². The zero-order valence-electron chi connectivity index (χ0n) is 30.5. The minimum absolute atomic E-state index is 0.00223. The molecule has 0 bridgehead atoms. The summed E-state index contributed by atoms with van der Waals surface area (Å²) < 4.78 is 4.52. The van der Waals surface area contributed by atoms with Crippen molar-refractivity contribution in [2.45, 2.75) is 92.2 Å². The van der Waals surface area contributed by atoms with Gasteiger partial charge in [0.15, 0.2) is 0 Å². The summed E-state index contributed by atoms with van der Waals surface area (Å²) in [7, 11) is 0. The van der Waals surface area contributed by atoms with E-state index in [-0.39, 0.29) is 36.6 Å². The van der Waals surface area contributed by atoms with E-state index >= 15 is 0 Å². The number of nitro benzene ring substituents is 1. The molecule has 1 amide bonds. The van der Waals surface area contributed by atoms with Crippen LogP contribution in [0.1, 0.15) is 86.3 Å². The Balaban J connectivity index is 0.000000649. The number of nitro groups is 1. The maximum Gasteiger partial charge on any atom is 0.374 e. The maximum absolute atomic E-state index is 11.1. The number of hydrogen-bond donors (Lipinski definition) is 2. The van der Waals surface area contributed by atoms with Gasteiger partial charge in [-0.15, -0.1) is 0 Å². The quantitative estimate of drug-likeness (QED) is 0.0521. The summed E-state index contributed by atoms with van der Waals surface area (Å²) in [4.78, 5) is 50.4. The summed E-state index contributed by atoms with van der Waals surface area (Å²) >= 11 is 7.91. The van der Waals surface area contributed by atoms with Gasteiger partial charge in [0.2, 0.25) is 5.78 Å². The van der Waals surface area contributed by atoms with Crippen LogP contribution in [0, 0.1) is 22.0 Å². The highest BCUT2D eigenvalue weighted by atomic mass is 35.5. The number of rotatable bonds is 13. The second-order valence-corrected chi connectivity index (χ2v) is 14.3. The Hall–Kier alpha value is -4.10. The fourth-order valence-corrected chi connectivity index (χ4v) is 4.74. The minimum Gasteiger partial charge on any atom is -0.460 e. The van der Waals surface area contributed by atoms with Crippen LogP contribution in [0.2, 0.25) is 5.02 Å². The normalized spacial score (nSPS) is 11.9. The van der Waals surface area contributed by atoms with Crippen molar-refractivity contribution < 1.29 is 29.3 Å². The van der Waals surface area contributed by atoms with Crippen molar-refractivity contribution in [1.82, 2.24) is 5.32 Å². The van der Waals surface area contributed by atoms with Gasteiger partial charge in [0.1, 0.15) is 12.1 Å². The number of aliphatic imine (C=N–C) groups is 2. The molecule has 0 saturated carbocycles. The molecule has 0 radical (unpaired) electrons. The first-order chi connectivity index (χ1) is 23.5. The Morgan fingerprint density at radius 2 is 1.66 bits per heavy atom. The number of nitrogens with one attached hydrogen (secondary N) is 1. The van der Waals surface area contributed by atoms with Crippen LogP contribution in [-0.2, 0) is 24.9 Å². The van der Waals surface area contributed by atoms with Gasteiger partial charge in [0, 0.05) is 40.9 Å².